The summed E-state index contributed by atoms with van der Waals surface area (Å²) in [6, 6.07) is 7.61. The third-order valence-corrected chi connectivity index (χ3v) is 14.4. The molecule has 10 rings (SSSR count). The summed E-state index contributed by atoms with van der Waals surface area (Å²) in [5.74, 6) is 0.527. The van der Waals surface area contributed by atoms with Crippen LogP contribution in [0, 0.1) is 34.5 Å². The second-order valence-corrected chi connectivity index (χ2v) is 18.0. The number of esters is 1. The van der Waals surface area contributed by atoms with Gasteiger partial charge in [-0.2, -0.15) is 5.06 Å². The fourth-order valence-corrected chi connectivity index (χ4v) is 11.3. The normalized spacial score (nSPS) is 44.5. The van der Waals surface area contributed by atoms with Gasteiger partial charge in [0.1, 0.15) is 29.8 Å². The number of rotatable bonds is 8. The summed E-state index contributed by atoms with van der Waals surface area (Å²) in [4.78, 5) is 34.8. The lowest BCUT2D eigenvalue weighted by Crippen LogP contribution is -2.69. The summed E-state index contributed by atoms with van der Waals surface area (Å²) < 4.78 is 26.0. The van der Waals surface area contributed by atoms with Gasteiger partial charge < -0.3 is 29.4 Å². The average Bonchev–Trinajstić information content (AvgIpc) is 4.03. The maximum absolute atomic E-state index is 14.1. The molecule has 50 heavy (non-hydrogen) atoms. The molecule has 5 saturated carbocycles. The van der Waals surface area contributed by atoms with Gasteiger partial charge in [0, 0.05) is 24.8 Å². The maximum Gasteiger partial charge on any atom is 0.327 e. The molecule has 0 aromatic heterocycles. The first-order chi connectivity index (χ1) is 24.0. The van der Waals surface area contributed by atoms with Crippen LogP contribution in [-0.4, -0.2) is 83.1 Å². The van der Waals surface area contributed by atoms with Crippen molar-refractivity contribution in [3.8, 4) is 0 Å². The van der Waals surface area contributed by atoms with Crippen molar-refractivity contribution >= 4 is 18.0 Å². The fraction of sp³-hybridized carbons (Fsp3) is 0.750. The van der Waals surface area contributed by atoms with Gasteiger partial charge >= 0.3 is 5.97 Å². The molecule has 10 nitrogen and oxygen atoms in total. The van der Waals surface area contributed by atoms with Crippen LogP contribution in [0.15, 0.2) is 29.8 Å². The molecule has 1 aromatic rings. The number of allylic oxidation sites excluding steroid dienone is 1. The molecule has 2 bridgehead atoms. The van der Waals surface area contributed by atoms with Crippen LogP contribution in [0.2, 0.25) is 0 Å². The molecule has 4 saturated heterocycles. The predicted molar refractivity (Wildman–Crippen MR) is 181 cm³/mol. The van der Waals surface area contributed by atoms with E-state index in [-0.39, 0.29) is 24.7 Å². The minimum atomic E-state index is -1.21. The molecular weight excluding hydrogens is 636 g/mol. The zero-order chi connectivity index (χ0) is 34.2. The van der Waals surface area contributed by atoms with Crippen molar-refractivity contribution in [2.24, 2.45) is 34.5 Å². The lowest BCUT2D eigenvalue weighted by Gasteiger charge is -2.53. The number of amides is 1. The molecule has 10 atom stereocenters. The quantitative estimate of drug-likeness (QED) is 0.297. The van der Waals surface area contributed by atoms with Crippen LogP contribution in [0.1, 0.15) is 96.1 Å². The van der Waals surface area contributed by atoms with Crippen molar-refractivity contribution in [2.45, 2.75) is 139 Å². The number of epoxide rings is 1. The summed E-state index contributed by atoms with van der Waals surface area (Å²) in [5, 5.41) is 14.1. The van der Waals surface area contributed by atoms with Crippen molar-refractivity contribution in [3.63, 3.8) is 0 Å². The highest BCUT2D eigenvalue weighted by atomic mass is 16.8. The van der Waals surface area contributed by atoms with E-state index in [2.05, 4.69) is 56.4 Å². The molecule has 4 heterocycles. The van der Waals surface area contributed by atoms with Crippen LogP contribution < -0.4 is 5.32 Å². The van der Waals surface area contributed by atoms with Crippen molar-refractivity contribution in [1.29, 1.82) is 0 Å². The minimum absolute atomic E-state index is 0.0710. The highest BCUT2D eigenvalue weighted by Gasteiger charge is 2.78. The Morgan fingerprint density at radius 2 is 1.72 bits per heavy atom. The van der Waals surface area contributed by atoms with Crippen molar-refractivity contribution in [2.75, 3.05) is 13.2 Å². The number of carbonyl (C=O) groups is 2. The Kier molecular flexibility index (Phi) is 7.17. The highest BCUT2D eigenvalue weighted by molar-refractivity contribution is 5.93. The van der Waals surface area contributed by atoms with E-state index in [0.29, 0.717) is 48.2 Å². The number of ether oxygens (including phenoxy) is 4. The van der Waals surface area contributed by atoms with Crippen molar-refractivity contribution in [3.05, 3.63) is 41.0 Å². The Morgan fingerprint density at radius 1 is 0.980 bits per heavy atom. The van der Waals surface area contributed by atoms with Gasteiger partial charge in [-0.15, -0.1) is 0 Å². The van der Waals surface area contributed by atoms with E-state index < -0.39 is 47.6 Å². The topological polar surface area (TPSA) is 119 Å². The van der Waals surface area contributed by atoms with E-state index >= 15 is 0 Å². The number of nitrogens with one attached hydrogen (secondary N) is 1. The van der Waals surface area contributed by atoms with E-state index in [1.165, 1.54) is 18.4 Å². The lowest BCUT2D eigenvalue weighted by molar-refractivity contribution is -0.235. The number of nitrogens with zero attached hydrogens (tertiary/aromatic N) is 1. The predicted octanol–water partition coefficient (Wildman–Crippen LogP) is 4.67. The Morgan fingerprint density at radius 3 is 2.42 bits per heavy atom. The van der Waals surface area contributed by atoms with E-state index in [4.69, 9.17) is 23.8 Å². The molecule has 9 fully saturated rings. The Hall–Kier alpha value is -2.34. The summed E-state index contributed by atoms with van der Waals surface area (Å²) in [7, 11) is 0. The number of benzene rings is 1. The van der Waals surface area contributed by atoms with Crippen LogP contribution in [0.5, 0.6) is 0 Å². The Balaban J connectivity index is 0.921. The average molecular weight is 689 g/mol. The number of aliphatic hydroxyl groups is 1. The fourth-order valence-electron chi connectivity index (χ4n) is 11.3. The molecule has 1 unspecified atom stereocenters. The molecular formula is C40H52N2O8. The van der Waals surface area contributed by atoms with Crippen molar-refractivity contribution < 1.29 is 38.5 Å². The summed E-state index contributed by atoms with van der Waals surface area (Å²) in [5.41, 5.74) is 2.94. The first-order valence-corrected chi connectivity index (χ1v) is 19.4. The van der Waals surface area contributed by atoms with Gasteiger partial charge in [0.2, 0.25) is 5.91 Å². The third-order valence-electron chi connectivity index (χ3n) is 14.4. The van der Waals surface area contributed by atoms with E-state index in [1.807, 2.05) is 0 Å². The van der Waals surface area contributed by atoms with Gasteiger partial charge in [0.05, 0.1) is 24.9 Å². The van der Waals surface area contributed by atoms with E-state index in [9.17, 15) is 14.7 Å². The molecule has 1 aromatic carbocycles. The number of carbonyl (C=O) groups excluding carboxylic acids is 2. The van der Waals surface area contributed by atoms with Crippen LogP contribution in [-0.2, 0) is 39.9 Å². The van der Waals surface area contributed by atoms with Crippen LogP contribution in [0.25, 0.3) is 6.08 Å². The van der Waals surface area contributed by atoms with Gasteiger partial charge in [0.25, 0.3) is 0 Å². The van der Waals surface area contributed by atoms with Crippen molar-refractivity contribution in [1.82, 2.24) is 10.4 Å². The van der Waals surface area contributed by atoms with Gasteiger partial charge in [-0.05, 0) is 93.1 Å². The molecule has 2 N–H and O–H groups in total. The standard InChI is InChI=1S/C40H52N2O8/c1-37(2)19-27-24(8-13-30-38(3,47-30)15-14-28(27)37)18-22-4-6-23(7-5-22)21-42-33-35(44)46-29-20-39(33,36(45)41-16-17-43)34(50-42)32-31(29)48-40(49-32,25-9-10-25)26-11-12-26/h4-7,18,25-34,43H,8-17,19-21H2,1-3H3,(H,41,45)/t27-,28-,29+,30?,31+,32+,33+,34-,38-,39+/m1/s1. The molecule has 270 valence electrons. The summed E-state index contributed by atoms with van der Waals surface area (Å²) in [6.45, 7) is 7.37. The number of hydroxylamine groups is 2. The maximum atomic E-state index is 14.1. The molecule has 1 amide bonds. The summed E-state index contributed by atoms with van der Waals surface area (Å²) >= 11 is 0. The first-order valence-electron chi connectivity index (χ1n) is 19.4. The second kappa shape index (κ2) is 11.1. The highest BCUT2D eigenvalue weighted by Crippen LogP contribution is 2.64. The van der Waals surface area contributed by atoms with E-state index in [0.717, 1.165) is 50.5 Å². The number of hydrogen-bond acceptors (Lipinski definition) is 9. The number of fused-ring (bicyclic) bond motifs is 6. The second-order valence-electron chi connectivity index (χ2n) is 18.0. The first kappa shape index (κ1) is 32.3. The van der Waals surface area contributed by atoms with Gasteiger partial charge in [-0.25, -0.2) is 0 Å². The van der Waals surface area contributed by atoms with Gasteiger partial charge in [0.15, 0.2) is 11.8 Å². The Bertz CT molecular complexity index is 1590. The molecule has 0 radical (unpaired) electrons. The molecule has 0 spiro atoms. The SMILES string of the molecule is CC1(C)C[C@@H]2C(=Cc3ccc(CN4O[C@@H]5[C@H]6OC(C7CC7)(C7CC7)O[C@H]6[C@@H]6C[C@]5(C(=O)NCCO)[C@@H]4C(=O)O6)cc3)CCC3O[C@]3(C)CC[C@H]21. The lowest BCUT2D eigenvalue weighted by atomic mass is 9.52. The molecule has 9 aliphatic rings. The van der Waals surface area contributed by atoms with Crippen LogP contribution in [0.4, 0.5) is 0 Å². The smallest absolute Gasteiger partial charge is 0.327 e. The van der Waals surface area contributed by atoms with Crippen LogP contribution in [0.3, 0.4) is 0 Å². The third kappa shape index (κ3) is 4.81. The van der Waals surface area contributed by atoms with Crippen LogP contribution >= 0.6 is 0 Å². The zero-order valence-corrected chi connectivity index (χ0v) is 29.6. The largest absolute Gasteiger partial charge is 0.458 e. The minimum Gasteiger partial charge on any atom is -0.458 e. The zero-order valence-electron chi connectivity index (χ0n) is 29.6. The molecule has 10 heteroatoms. The number of aliphatic hydroxyl groups excluding tert-OH is 1. The van der Waals surface area contributed by atoms with Gasteiger partial charge in [-0.3, -0.25) is 14.4 Å². The monoisotopic (exact) mass is 688 g/mol. The van der Waals surface area contributed by atoms with E-state index in [1.54, 1.807) is 10.6 Å². The molecule has 5 aliphatic carbocycles. The Labute approximate surface area is 294 Å². The summed E-state index contributed by atoms with van der Waals surface area (Å²) in [6.07, 6.45) is 10.8. The number of hydrogen-bond donors (Lipinski definition) is 2. The van der Waals surface area contributed by atoms with Gasteiger partial charge in [-0.1, -0.05) is 49.8 Å². The molecule has 4 aliphatic heterocycles.